The van der Waals surface area contributed by atoms with Crippen molar-refractivity contribution in [2.75, 3.05) is 0 Å². The Labute approximate surface area is 103 Å². The molecule has 2 aromatic heterocycles. The smallest absolute Gasteiger partial charge is 0.187 e. The molecular weight excluding hydrogens is 226 g/mol. The molecule has 0 amide bonds. The highest BCUT2D eigenvalue weighted by Gasteiger charge is 2.20. The number of para-hydroxylation sites is 1. The van der Waals surface area contributed by atoms with Crippen LogP contribution in [0.25, 0.3) is 28.1 Å². The number of allylic oxidation sites excluding steroid dienone is 1. The summed E-state index contributed by atoms with van der Waals surface area (Å²) in [6, 6.07) is 9.83. The van der Waals surface area contributed by atoms with Gasteiger partial charge in [0.15, 0.2) is 5.78 Å². The molecule has 4 nitrogen and oxygen atoms in total. The van der Waals surface area contributed by atoms with Crippen LogP contribution in [0.4, 0.5) is 0 Å². The molecule has 0 fully saturated rings. The van der Waals surface area contributed by atoms with Gasteiger partial charge in [0, 0.05) is 18.0 Å². The maximum atomic E-state index is 11.9. The summed E-state index contributed by atoms with van der Waals surface area (Å²) in [6.07, 6.45) is 4.07. The second-order valence-electron chi connectivity index (χ2n) is 4.35. The van der Waals surface area contributed by atoms with Crippen molar-refractivity contribution in [2.24, 2.45) is 0 Å². The van der Waals surface area contributed by atoms with Gasteiger partial charge in [-0.25, -0.2) is 9.67 Å². The van der Waals surface area contributed by atoms with Gasteiger partial charge in [-0.05, 0) is 12.1 Å². The molecule has 0 aliphatic carbocycles. The number of pyridine rings is 1. The maximum Gasteiger partial charge on any atom is 0.187 e. The maximum absolute atomic E-state index is 11.9. The van der Waals surface area contributed by atoms with E-state index in [4.69, 9.17) is 0 Å². The normalized spacial score (nSPS) is 14.3. The molecule has 4 heteroatoms. The number of hydrogen-bond donors (Lipinski definition) is 0. The van der Waals surface area contributed by atoms with Gasteiger partial charge in [0.2, 0.25) is 0 Å². The summed E-state index contributed by atoms with van der Waals surface area (Å²) >= 11 is 0. The van der Waals surface area contributed by atoms with Crippen LogP contribution in [0.15, 0.2) is 36.4 Å². The van der Waals surface area contributed by atoms with Crippen LogP contribution in [0.5, 0.6) is 0 Å². The summed E-state index contributed by atoms with van der Waals surface area (Å²) in [4.78, 5) is 16.5. The van der Waals surface area contributed by atoms with Gasteiger partial charge in [0.1, 0.15) is 16.7 Å². The van der Waals surface area contributed by atoms with E-state index in [1.807, 2.05) is 42.6 Å². The summed E-state index contributed by atoms with van der Waals surface area (Å²) < 4.78 is 1.63. The molecule has 0 bridgehead atoms. The lowest BCUT2D eigenvalue weighted by atomic mass is 10.1. The predicted octanol–water partition coefficient (Wildman–Crippen LogP) is 2.64. The molecule has 4 rings (SSSR count). The van der Waals surface area contributed by atoms with Crippen molar-refractivity contribution >= 4 is 33.9 Å². The van der Waals surface area contributed by atoms with Crippen LogP contribution in [-0.4, -0.2) is 20.5 Å². The summed E-state index contributed by atoms with van der Waals surface area (Å²) in [6.45, 7) is 0. The summed E-state index contributed by atoms with van der Waals surface area (Å²) in [7, 11) is 0. The van der Waals surface area contributed by atoms with E-state index in [2.05, 4.69) is 10.1 Å². The highest BCUT2D eigenvalue weighted by atomic mass is 16.1. The number of carbonyl (C=O) groups is 1. The molecule has 0 N–H and O–H groups in total. The molecule has 86 valence electrons. The number of Topliss-reactive ketones (excluding diaryl/α,β-unsaturated/α-hetero) is 1. The fourth-order valence-corrected chi connectivity index (χ4v) is 2.35. The average molecular weight is 235 g/mol. The third kappa shape index (κ3) is 1.17. The van der Waals surface area contributed by atoms with Crippen molar-refractivity contribution in [2.45, 2.75) is 6.42 Å². The zero-order valence-corrected chi connectivity index (χ0v) is 9.50. The lowest BCUT2D eigenvalue weighted by Crippen LogP contribution is -2.09. The number of fused-ring (bicyclic) bond motifs is 4. The lowest BCUT2D eigenvalue weighted by Gasteiger charge is -2.04. The fraction of sp³-hybridized carbons (Fsp3) is 0.0714. The molecule has 1 aliphatic heterocycles. The molecular formula is C14H9N3O. The van der Waals surface area contributed by atoms with E-state index in [0.29, 0.717) is 17.6 Å². The first kappa shape index (κ1) is 9.53. The van der Waals surface area contributed by atoms with Gasteiger partial charge < -0.3 is 0 Å². The number of rotatable bonds is 0. The van der Waals surface area contributed by atoms with E-state index in [0.717, 1.165) is 16.4 Å². The highest BCUT2D eigenvalue weighted by molar-refractivity contribution is 6.08. The number of aromatic nitrogens is 3. The number of benzene rings is 1. The number of hydrogen-bond acceptors (Lipinski definition) is 3. The van der Waals surface area contributed by atoms with E-state index >= 15 is 0 Å². The Morgan fingerprint density at radius 2 is 2.06 bits per heavy atom. The van der Waals surface area contributed by atoms with Gasteiger partial charge in [-0.15, -0.1) is 0 Å². The van der Waals surface area contributed by atoms with E-state index in [9.17, 15) is 4.79 Å². The summed E-state index contributed by atoms with van der Waals surface area (Å²) in [5.41, 5.74) is 2.95. The highest BCUT2D eigenvalue weighted by Crippen LogP contribution is 2.24. The minimum Gasteiger partial charge on any atom is -0.292 e. The second kappa shape index (κ2) is 3.26. The van der Waals surface area contributed by atoms with Gasteiger partial charge in [-0.3, -0.25) is 4.79 Å². The molecule has 1 aromatic carbocycles. The standard InChI is InChI=1S/C14H9N3O/c18-12-6-3-7-17-14(12)13-11(16-17)8-9-4-1-2-5-10(9)15-13/h1-5,7-8H,6H2. The Kier molecular flexibility index (Phi) is 1.73. The van der Waals surface area contributed by atoms with Crippen LogP contribution in [-0.2, 0) is 0 Å². The topological polar surface area (TPSA) is 47.8 Å². The van der Waals surface area contributed by atoms with E-state index in [1.165, 1.54) is 0 Å². The minimum absolute atomic E-state index is 0.0720. The van der Waals surface area contributed by atoms with Crippen LogP contribution >= 0.6 is 0 Å². The van der Waals surface area contributed by atoms with Gasteiger partial charge >= 0.3 is 0 Å². The number of nitrogens with zero attached hydrogens (tertiary/aromatic N) is 3. The Balaban J connectivity index is 2.18. The predicted molar refractivity (Wildman–Crippen MR) is 69.3 cm³/mol. The van der Waals surface area contributed by atoms with Crippen LogP contribution in [0.3, 0.4) is 0 Å². The summed E-state index contributed by atoms with van der Waals surface area (Å²) in [5, 5.41) is 5.44. The van der Waals surface area contributed by atoms with E-state index < -0.39 is 0 Å². The SMILES string of the molecule is O=C1CC=Cn2nc3cc4ccccc4nc3c21. The third-order valence-electron chi connectivity index (χ3n) is 3.19. The Bertz CT molecular complexity index is 830. The molecule has 0 saturated carbocycles. The van der Waals surface area contributed by atoms with Crippen molar-refractivity contribution in [1.82, 2.24) is 14.8 Å². The summed E-state index contributed by atoms with van der Waals surface area (Å²) in [5.74, 6) is 0.0720. The van der Waals surface area contributed by atoms with Crippen LogP contribution in [0, 0.1) is 0 Å². The number of ketones is 1. The average Bonchev–Trinajstić information content (AvgIpc) is 2.74. The fourth-order valence-electron chi connectivity index (χ4n) is 2.35. The first-order valence-electron chi connectivity index (χ1n) is 5.81. The molecule has 1 aliphatic rings. The molecule has 0 spiro atoms. The first-order valence-corrected chi connectivity index (χ1v) is 5.81. The Hall–Kier alpha value is -2.49. The van der Waals surface area contributed by atoms with Gasteiger partial charge in [0.05, 0.1) is 5.52 Å². The zero-order valence-electron chi connectivity index (χ0n) is 9.50. The van der Waals surface area contributed by atoms with Crippen LogP contribution in [0.2, 0.25) is 0 Å². The van der Waals surface area contributed by atoms with Crippen molar-refractivity contribution < 1.29 is 4.79 Å². The molecule has 0 atom stereocenters. The first-order chi connectivity index (χ1) is 8.83. The van der Waals surface area contributed by atoms with Crippen molar-refractivity contribution in [3.8, 4) is 0 Å². The zero-order chi connectivity index (χ0) is 12.1. The minimum atomic E-state index is 0.0720. The monoisotopic (exact) mass is 235 g/mol. The van der Waals surface area contributed by atoms with Crippen molar-refractivity contribution in [1.29, 1.82) is 0 Å². The van der Waals surface area contributed by atoms with Crippen molar-refractivity contribution in [3.63, 3.8) is 0 Å². The molecule has 0 radical (unpaired) electrons. The van der Waals surface area contributed by atoms with Gasteiger partial charge in [-0.1, -0.05) is 24.3 Å². The van der Waals surface area contributed by atoms with E-state index in [-0.39, 0.29) is 5.78 Å². The number of carbonyl (C=O) groups excluding carboxylic acids is 1. The van der Waals surface area contributed by atoms with E-state index in [1.54, 1.807) is 4.68 Å². The van der Waals surface area contributed by atoms with Gasteiger partial charge in [0.25, 0.3) is 0 Å². The lowest BCUT2D eigenvalue weighted by molar-refractivity contribution is 0.0988. The third-order valence-corrected chi connectivity index (χ3v) is 3.19. The molecule has 0 saturated heterocycles. The largest absolute Gasteiger partial charge is 0.292 e. The van der Waals surface area contributed by atoms with Crippen LogP contribution in [0.1, 0.15) is 16.9 Å². The molecule has 3 aromatic rings. The van der Waals surface area contributed by atoms with Crippen LogP contribution < -0.4 is 0 Å². The Morgan fingerprint density at radius 1 is 1.17 bits per heavy atom. The molecule has 3 heterocycles. The quantitative estimate of drug-likeness (QED) is 0.601. The Morgan fingerprint density at radius 3 is 3.00 bits per heavy atom. The molecule has 18 heavy (non-hydrogen) atoms. The second-order valence-corrected chi connectivity index (χ2v) is 4.35. The van der Waals surface area contributed by atoms with Gasteiger partial charge in [-0.2, -0.15) is 5.10 Å². The molecule has 0 unspecified atom stereocenters. The van der Waals surface area contributed by atoms with Crippen molar-refractivity contribution in [3.05, 3.63) is 42.1 Å².